The van der Waals surface area contributed by atoms with Gasteiger partial charge in [0.15, 0.2) is 0 Å². The Morgan fingerprint density at radius 2 is 1.36 bits per heavy atom. The molecule has 0 saturated carbocycles. The Morgan fingerprint density at radius 1 is 0.821 bits per heavy atom. The van der Waals surface area contributed by atoms with E-state index in [0.29, 0.717) is 0 Å². The monoisotopic (exact) mass is 385 g/mol. The van der Waals surface area contributed by atoms with Gasteiger partial charge in [0.25, 0.3) is 0 Å². The number of allylic oxidation sites excluding steroid dienone is 8. The Labute approximate surface area is 174 Å². The SMILES string of the molecule is CC(C)=CCC/C(C)=C/CC/C(C)=C/CC/C=C(\C)CCC1CCCNC1=O. The Morgan fingerprint density at radius 3 is 1.93 bits per heavy atom. The molecule has 1 fully saturated rings. The maximum absolute atomic E-state index is 11.8. The van der Waals surface area contributed by atoms with Crippen molar-refractivity contribution < 1.29 is 4.79 Å². The first-order chi connectivity index (χ1) is 13.4. The van der Waals surface area contributed by atoms with Crippen molar-refractivity contribution in [2.75, 3.05) is 6.54 Å². The average molecular weight is 386 g/mol. The molecule has 0 aromatic carbocycles. The van der Waals surface area contributed by atoms with Gasteiger partial charge in [-0.3, -0.25) is 4.79 Å². The van der Waals surface area contributed by atoms with Gasteiger partial charge in [-0.2, -0.15) is 0 Å². The third-order valence-electron chi connectivity index (χ3n) is 5.56. The molecule has 1 aliphatic rings. The highest BCUT2D eigenvalue weighted by Gasteiger charge is 2.21. The fraction of sp³-hybridized carbons (Fsp3) is 0.654. The van der Waals surface area contributed by atoms with E-state index in [2.05, 4.69) is 64.2 Å². The Balaban J connectivity index is 2.19. The molecule has 0 aromatic heterocycles. The van der Waals surface area contributed by atoms with E-state index in [0.717, 1.165) is 57.9 Å². The van der Waals surface area contributed by atoms with Crippen LogP contribution < -0.4 is 5.32 Å². The number of hydrogen-bond donors (Lipinski definition) is 1. The summed E-state index contributed by atoms with van der Waals surface area (Å²) in [6.45, 7) is 11.9. The van der Waals surface area contributed by atoms with Crippen LogP contribution >= 0.6 is 0 Å². The van der Waals surface area contributed by atoms with Gasteiger partial charge in [-0.1, -0.05) is 46.6 Å². The van der Waals surface area contributed by atoms with Crippen molar-refractivity contribution >= 4 is 5.91 Å². The summed E-state index contributed by atoms with van der Waals surface area (Å²) < 4.78 is 0. The molecule has 1 unspecified atom stereocenters. The lowest BCUT2D eigenvalue weighted by Crippen LogP contribution is -2.36. The zero-order valence-electron chi connectivity index (χ0n) is 19.1. The van der Waals surface area contributed by atoms with Crippen LogP contribution in [0.2, 0.25) is 0 Å². The molecule has 1 rings (SSSR count). The van der Waals surface area contributed by atoms with E-state index in [1.165, 1.54) is 35.1 Å². The van der Waals surface area contributed by atoms with E-state index in [4.69, 9.17) is 0 Å². The van der Waals surface area contributed by atoms with Gasteiger partial charge in [0.1, 0.15) is 0 Å². The molecule has 0 radical (unpaired) electrons. The van der Waals surface area contributed by atoms with Crippen LogP contribution in [0.3, 0.4) is 0 Å². The maximum Gasteiger partial charge on any atom is 0.223 e. The molecule has 1 N–H and O–H groups in total. The van der Waals surface area contributed by atoms with Gasteiger partial charge in [-0.05, 0) is 98.8 Å². The van der Waals surface area contributed by atoms with Crippen LogP contribution in [0.5, 0.6) is 0 Å². The lowest BCUT2D eigenvalue weighted by Gasteiger charge is -2.21. The van der Waals surface area contributed by atoms with Crippen LogP contribution in [0.15, 0.2) is 46.6 Å². The highest BCUT2D eigenvalue weighted by atomic mass is 16.1. The third kappa shape index (κ3) is 12.0. The molecule has 1 amide bonds. The van der Waals surface area contributed by atoms with E-state index in [1.54, 1.807) is 0 Å². The molecule has 0 aromatic rings. The predicted octanol–water partition coefficient (Wildman–Crippen LogP) is 7.44. The second-order valence-corrected chi connectivity index (χ2v) is 8.76. The Bertz CT molecular complexity index is 588. The van der Waals surface area contributed by atoms with Gasteiger partial charge in [-0.15, -0.1) is 0 Å². The van der Waals surface area contributed by atoms with Crippen molar-refractivity contribution in [1.82, 2.24) is 5.32 Å². The summed E-state index contributed by atoms with van der Waals surface area (Å²) >= 11 is 0. The van der Waals surface area contributed by atoms with Crippen LogP contribution in [0.25, 0.3) is 0 Å². The number of piperidine rings is 1. The van der Waals surface area contributed by atoms with Gasteiger partial charge < -0.3 is 5.32 Å². The highest BCUT2D eigenvalue weighted by Crippen LogP contribution is 2.20. The van der Waals surface area contributed by atoms with Crippen LogP contribution in [-0.4, -0.2) is 12.5 Å². The summed E-state index contributed by atoms with van der Waals surface area (Å²) in [7, 11) is 0. The fourth-order valence-corrected chi connectivity index (χ4v) is 3.61. The van der Waals surface area contributed by atoms with Crippen molar-refractivity contribution in [3.63, 3.8) is 0 Å². The molecule has 1 aliphatic heterocycles. The van der Waals surface area contributed by atoms with E-state index in [-0.39, 0.29) is 11.8 Å². The summed E-state index contributed by atoms with van der Waals surface area (Å²) in [4.78, 5) is 11.8. The predicted molar refractivity (Wildman–Crippen MR) is 123 cm³/mol. The molecule has 2 nitrogen and oxygen atoms in total. The van der Waals surface area contributed by atoms with Crippen molar-refractivity contribution in [3.8, 4) is 0 Å². The second-order valence-electron chi connectivity index (χ2n) is 8.76. The number of nitrogens with one attached hydrogen (secondary N) is 1. The molecule has 28 heavy (non-hydrogen) atoms. The molecule has 0 bridgehead atoms. The van der Waals surface area contributed by atoms with Crippen molar-refractivity contribution in [1.29, 1.82) is 0 Å². The zero-order chi connectivity index (χ0) is 20.8. The van der Waals surface area contributed by atoms with E-state index < -0.39 is 0 Å². The Kier molecular flexibility index (Phi) is 12.6. The van der Waals surface area contributed by atoms with Gasteiger partial charge in [0, 0.05) is 12.5 Å². The molecule has 1 saturated heterocycles. The number of carbonyl (C=O) groups excluding carboxylic acids is 1. The summed E-state index contributed by atoms with van der Waals surface area (Å²) in [5, 5.41) is 2.99. The van der Waals surface area contributed by atoms with Gasteiger partial charge in [-0.25, -0.2) is 0 Å². The summed E-state index contributed by atoms with van der Waals surface area (Å²) in [5.41, 5.74) is 5.85. The smallest absolute Gasteiger partial charge is 0.223 e. The normalized spacial score (nSPS) is 18.8. The molecule has 0 aliphatic carbocycles. The van der Waals surface area contributed by atoms with Crippen molar-refractivity contribution in [3.05, 3.63) is 46.6 Å². The lowest BCUT2D eigenvalue weighted by atomic mass is 9.92. The number of amides is 1. The topological polar surface area (TPSA) is 29.1 Å². The zero-order valence-corrected chi connectivity index (χ0v) is 19.1. The van der Waals surface area contributed by atoms with Crippen molar-refractivity contribution in [2.45, 2.75) is 98.8 Å². The van der Waals surface area contributed by atoms with Gasteiger partial charge in [0.2, 0.25) is 5.91 Å². The third-order valence-corrected chi connectivity index (χ3v) is 5.56. The van der Waals surface area contributed by atoms with E-state index in [1.807, 2.05) is 0 Å². The van der Waals surface area contributed by atoms with Crippen LogP contribution in [0, 0.1) is 5.92 Å². The summed E-state index contributed by atoms with van der Waals surface area (Å²) in [6, 6.07) is 0. The minimum Gasteiger partial charge on any atom is -0.356 e. The van der Waals surface area contributed by atoms with Crippen molar-refractivity contribution in [2.24, 2.45) is 5.92 Å². The van der Waals surface area contributed by atoms with Crippen LogP contribution in [-0.2, 0) is 4.79 Å². The van der Waals surface area contributed by atoms with Gasteiger partial charge in [0.05, 0.1) is 0 Å². The maximum atomic E-state index is 11.8. The summed E-state index contributed by atoms with van der Waals surface area (Å²) in [6.07, 6.45) is 20.6. The quantitative estimate of drug-likeness (QED) is 0.274. The first kappa shape index (κ1) is 24.5. The van der Waals surface area contributed by atoms with E-state index >= 15 is 0 Å². The van der Waals surface area contributed by atoms with Crippen LogP contribution in [0.1, 0.15) is 98.8 Å². The largest absolute Gasteiger partial charge is 0.356 e. The minimum atomic E-state index is 0.234. The van der Waals surface area contributed by atoms with E-state index in [9.17, 15) is 4.79 Å². The van der Waals surface area contributed by atoms with Gasteiger partial charge >= 0.3 is 0 Å². The molecular weight excluding hydrogens is 342 g/mol. The first-order valence-corrected chi connectivity index (χ1v) is 11.3. The standard InChI is InChI=1S/C26H43NO/c1-21(2)11-8-14-23(4)16-9-15-22(3)12-6-7-13-24(5)18-19-25-17-10-20-27-26(25)28/h11-13,16,25H,6-10,14-15,17-20H2,1-5H3,(H,27,28)/b22-12+,23-16+,24-13+. The molecule has 1 atom stereocenters. The lowest BCUT2D eigenvalue weighted by molar-refractivity contribution is -0.126. The molecule has 2 heteroatoms. The number of unbranched alkanes of at least 4 members (excludes halogenated alkanes) is 1. The molecule has 0 spiro atoms. The summed E-state index contributed by atoms with van der Waals surface area (Å²) in [5.74, 6) is 0.497. The Hall–Kier alpha value is -1.57. The first-order valence-electron chi connectivity index (χ1n) is 11.3. The molecular formula is C26H43NO. The fourth-order valence-electron chi connectivity index (χ4n) is 3.61. The number of carbonyl (C=O) groups is 1. The average Bonchev–Trinajstić information content (AvgIpc) is 2.64. The number of hydrogen-bond acceptors (Lipinski definition) is 1. The molecule has 158 valence electrons. The van der Waals surface area contributed by atoms with Crippen LogP contribution in [0.4, 0.5) is 0 Å². The minimum absolute atomic E-state index is 0.234. The second kappa shape index (κ2) is 14.4. The number of rotatable bonds is 12. The highest BCUT2D eigenvalue weighted by molar-refractivity contribution is 5.79. The molecule has 1 heterocycles.